The highest BCUT2D eigenvalue weighted by Crippen LogP contribution is 2.40. The molecule has 2 aromatic rings. The van der Waals surface area contributed by atoms with Gasteiger partial charge in [0.15, 0.2) is 0 Å². The Morgan fingerprint density at radius 2 is 2.19 bits per heavy atom. The van der Waals surface area contributed by atoms with Gasteiger partial charge in [0.1, 0.15) is 0 Å². The summed E-state index contributed by atoms with van der Waals surface area (Å²) in [6, 6.07) is 7.31. The number of imidazole rings is 1. The van der Waals surface area contributed by atoms with E-state index in [9.17, 15) is 4.79 Å². The Morgan fingerprint density at radius 3 is 3.07 bits per heavy atom. The monoisotopic (exact) mass is 366 g/mol. The van der Waals surface area contributed by atoms with Gasteiger partial charge in [0, 0.05) is 37.3 Å². The molecule has 1 amide bonds. The number of piperidine rings is 3. The number of likely N-dealkylation sites (tertiary alicyclic amines) is 1. The van der Waals surface area contributed by atoms with Crippen LogP contribution in [0.3, 0.4) is 0 Å². The lowest BCUT2D eigenvalue weighted by atomic mass is 9.74. The van der Waals surface area contributed by atoms with Crippen LogP contribution < -0.4 is 0 Å². The van der Waals surface area contributed by atoms with Crippen LogP contribution in [0.1, 0.15) is 55.8 Å². The predicted octanol–water partition coefficient (Wildman–Crippen LogP) is 3.68. The normalized spacial score (nSPS) is 31.1. The molecule has 3 aliphatic heterocycles. The molecule has 1 N–H and O–H groups in total. The molecule has 5 nitrogen and oxygen atoms in total. The van der Waals surface area contributed by atoms with E-state index in [0.717, 1.165) is 35.7 Å². The lowest BCUT2D eigenvalue weighted by Crippen LogP contribution is -2.62. The molecule has 0 unspecified atom stereocenters. The second-order valence-electron chi connectivity index (χ2n) is 8.84. The molecule has 144 valence electrons. The zero-order chi connectivity index (χ0) is 18.4. The summed E-state index contributed by atoms with van der Waals surface area (Å²) in [5.41, 5.74) is 2.65. The molecule has 3 saturated heterocycles. The summed E-state index contributed by atoms with van der Waals surface area (Å²) in [5, 5.41) is 0. The first-order valence-electron chi connectivity index (χ1n) is 10.7. The van der Waals surface area contributed by atoms with Crippen LogP contribution >= 0.6 is 0 Å². The summed E-state index contributed by atoms with van der Waals surface area (Å²) in [6.07, 6.45) is 9.67. The van der Waals surface area contributed by atoms with Crippen molar-refractivity contribution in [2.24, 2.45) is 11.8 Å². The Morgan fingerprint density at radius 1 is 1.26 bits per heavy atom. The van der Waals surface area contributed by atoms with Gasteiger partial charge in [0.25, 0.3) is 5.91 Å². The molecular weight excluding hydrogens is 336 g/mol. The van der Waals surface area contributed by atoms with Gasteiger partial charge in [-0.25, -0.2) is 4.98 Å². The van der Waals surface area contributed by atoms with Gasteiger partial charge in [0.2, 0.25) is 0 Å². The number of hydrogen-bond donors (Lipinski definition) is 1. The molecule has 0 radical (unpaired) electrons. The van der Waals surface area contributed by atoms with Crippen molar-refractivity contribution in [2.75, 3.05) is 19.6 Å². The summed E-state index contributed by atoms with van der Waals surface area (Å²) in [5.74, 6) is 1.48. The molecule has 5 rings (SSSR count). The third-order valence-electron chi connectivity index (χ3n) is 7.09. The maximum Gasteiger partial charge on any atom is 0.253 e. The van der Waals surface area contributed by atoms with Crippen molar-refractivity contribution in [2.45, 2.75) is 57.5 Å². The summed E-state index contributed by atoms with van der Waals surface area (Å²) < 4.78 is 0. The minimum Gasteiger partial charge on any atom is -0.345 e. The van der Waals surface area contributed by atoms with E-state index in [-0.39, 0.29) is 5.91 Å². The molecule has 27 heavy (non-hydrogen) atoms. The molecule has 1 aromatic carbocycles. The van der Waals surface area contributed by atoms with Crippen LogP contribution in [-0.2, 0) is 0 Å². The fraction of sp³-hybridized carbons (Fsp3) is 0.636. The van der Waals surface area contributed by atoms with Crippen molar-refractivity contribution in [3.05, 3.63) is 30.1 Å². The van der Waals surface area contributed by atoms with Gasteiger partial charge in [-0.3, -0.25) is 9.69 Å². The Balaban J connectivity index is 1.34. The molecule has 2 bridgehead atoms. The number of aromatic nitrogens is 2. The van der Waals surface area contributed by atoms with Gasteiger partial charge >= 0.3 is 0 Å². The van der Waals surface area contributed by atoms with E-state index in [2.05, 4.69) is 26.7 Å². The van der Waals surface area contributed by atoms with Crippen LogP contribution in [-0.4, -0.2) is 57.4 Å². The van der Waals surface area contributed by atoms with E-state index >= 15 is 0 Å². The van der Waals surface area contributed by atoms with Crippen LogP contribution in [0.25, 0.3) is 11.0 Å². The third kappa shape index (κ3) is 3.06. The van der Waals surface area contributed by atoms with Crippen molar-refractivity contribution < 1.29 is 4.79 Å². The lowest BCUT2D eigenvalue weighted by molar-refractivity contribution is -0.0518. The second kappa shape index (κ2) is 6.93. The highest BCUT2D eigenvalue weighted by atomic mass is 16.2. The Bertz CT molecular complexity index is 829. The van der Waals surface area contributed by atoms with Crippen molar-refractivity contribution in [1.29, 1.82) is 0 Å². The first-order valence-corrected chi connectivity index (χ1v) is 10.7. The fourth-order valence-corrected chi connectivity index (χ4v) is 5.97. The number of fused-ring (bicyclic) bond motifs is 5. The quantitative estimate of drug-likeness (QED) is 0.902. The lowest BCUT2D eigenvalue weighted by Gasteiger charge is -2.55. The van der Waals surface area contributed by atoms with Gasteiger partial charge < -0.3 is 9.88 Å². The van der Waals surface area contributed by atoms with E-state index in [0.29, 0.717) is 17.9 Å². The van der Waals surface area contributed by atoms with Gasteiger partial charge in [0.05, 0.1) is 17.4 Å². The van der Waals surface area contributed by atoms with Gasteiger partial charge in [-0.1, -0.05) is 19.8 Å². The molecule has 0 spiro atoms. The Kier molecular flexibility index (Phi) is 4.43. The molecule has 5 heteroatoms. The number of nitrogens with one attached hydrogen (secondary N) is 1. The number of benzene rings is 1. The second-order valence-corrected chi connectivity index (χ2v) is 8.84. The largest absolute Gasteiger partial charge is 0.345 e. The van der Waals surface area contributed by atoms with Crippen LogP contribution in [0.4, 0.5) is 0 Å². The van der Waals surface area contributed by atoms with Crippen LogP contribution in [0, 0.1) is 11.8 Å². The average Bonchev–Trinajstić information content (AvgIpc) is 3.16. The minimum absolute atomic E-state index is 0.190. The predicted molar refractivity (Wildman–Crippen MR) is 107 cm³/mol. The van der Waals surface area contributed by atoms with Crippen LogP contribution in [0.2, 0.25) is 0 Å². The molecule has 3 aliphatic rings. The Hall–Kier alpha value is -1.88. The molecule has 4 atom stereocenters. The number of amides is 1. The first-order chi connectivity index (χ1) is 13.2. The van der Waals surface area contributed by atoms with Crippen LogP contribution in [0.15, 0.2) is 24.5 Å². The molecule has 3 fully saturated rings. The number of carbonyl (C=O) groups excluding carboxylic acids is 1. The maximum atomic E-state index is 13.2. The topological polar surface area (TPSA) is 52.2 Å². The highest BCUT2D eigenvalue weighted by Gasteiger charge is 2.45. The molecule has 1 aromatic heterocycles. The van der Waals surface area contributed by atoms with E-state index < -0.39 is 0 Å². The molecule has 0 aliphatic carbocycles. The first kappa shape index (κ1) is 17.2. The SMILES string of the molecule is CCC[C@H]1CCC[C@H]2[C@@H]3C[C@@H](CN(C(=O)c4ccc5nc[nH]c5c4)C3)CN12. The van der Waals surface area contributed by atoms with Gasteiger partial charge in [-0.2, -0.15) is 0 Å². The maximum absolute atomic E-state index is 13.2. The number of hydrogen-bond acceptors (Lipinski definition) is 3. The Labute approximate surface area is 161 Å². The van der Waals surface area contributed by atoms with Crippen molar-refractivity contribution >= 4 is 16.9 Å². The number of rotatable bonds is 3. The number of H-pyrrole nitrogens is 1. The van der Waals surface area contributed by atoms with E-state index in [1.165, 1.54) is 45.1 Å². The zero-order valence-corrected chi connectivity index (χ0v) is 16.2. The number of aromatic amines is 1. The highest BCUT2D eigenvalue weighted by molar-refractivity contribution is 5.97. The standard InChI is InChI=1S/C22H30N4O/c1-2-4-18-5-3-6-21-17-9-15(12-26(18)21)11-25(13-17)22(27)16-7-8-19-20(10-16)24-14-23-19/h7-8,10,14-15,17-18,21H,2-6,9,11-13H2,1H3,(H,23,24)/t15-,17+,18-,21-/m0/s1. The molecular formula is C22H30N4O. The summed E-state index contributed by atoms with van der Waals surface area (Å²) in [4.78, 5) is 25.6. The van der Waals surface area contributed by atoms with Gasteiger partial charge in [-0.05, 0) is 55.7 Å². The van der Waals surface area contributed by atoms with E-state index in [1.54, 1.807) is 6.33 Å². The molecule has 4 heterocycles. The summed E-state index contributed by atoms with van der Waals surface area (Å²) in [7, 11) is 0. The van der Waals surface area contributed by atoms with E-state index in [4.69, 9.17) is 0 Å². The van der Waals surface area contributed by atoms with Crippen molar-refractivity contribution in [3.8, 4) is 0 Å². The summed E-state index contributed by atoms with van der Waals surface area (Å²) >= 11 is 0. The van der Waals surface area contributed by atoms with Crippen LogP contribution in [0.5, 0.6) is 0 Å². The summed E-state index contributed by atoms with van der Waals surface area (Å²) in [6.45, 7) is 5.34. The number of nitrogens with zero attached hydrogens (tertiary/aromatic N) is 3. The van der Waals surface area contributed by atoms with Gasteiger partial charge in [-0.15, -0.1) is 0 Å². The number of carbonyl (C=O) groups is 1. The van der Waals surface area contributed by atoms with Crippen molar-refractivity contribution in [1.82, 2.24) is 19.8 Å². The fourth-order valence-electron chi connectivity index (χ4n) is 5.97. The minimum atomic E-state index is 0.190. The van der Waals surface area contributed by atoms with E-state index in [1.807, 2.05) is 18.2 Å². The third-order valence-corrected chi connectivity index (χ3v) is 7.09. The average molecular weight is 367 g/mol. The molecule has 0 saturated carbocycles. The smallest absolute Gasteiger partial charge is 0.253 e. The van der Waals surface area contributed by atoms with Crippen molar-refractivity contribution in [3.63, 3.8) is 0 Å². The zero-order valence-electron chi connectivity index (χ0n) is 16.2.